The first kappa shape index (κ1) is 7.03. The lowest BCUT2D eigenvalue weighted by Gasteiger charge is -2.07. The van der Waals surface area contributed by atoms with Gasteiger partial charge in [-0.3, -0.25) is 0 Å². The largest absolute Gasteiger partial charge is 0.368 e. The van der Waals surface area contributed by atoms with Crippen LogP contribution >= 0.6 is 0 Å². The van der Waals surface area contributed by atoms with Crippen molar-refractivity contribution >= 4 is 0 Å². The standard InChI is InChI=1S/C7H14O2/c1-3-6-4-5(2)9-7(6)8/h5-8H,3-4H2,1-2H3/t5-,6+,7?/m0/s1. The molecule has 1 rings (SSSR count). The van der Waals surface area contributed by atoms with Gasteiger partial charge in [-0.25, -0.2) is 0 Å². The van der Waals surface area contributed by atoms with Crippen LogP contribution in [0.1, 0.15) is 26.7 Å². The normalized spacial score (nSPS) is 43.7. The third-order valence-electron chi connectivity index (χ3n) is 1.93. The van der Waals surface area contributed by atoms with Gasteiger partial charge in [-0.2, -0.15) is 0 Å². The third-order valence-corrected chi connectivity index (χ3v) is 1.93. The van der Waals surface area contributed by atoms with E-state index in [0.717, 1.165) is 12.8 Å². The Bertz CT molecular complexity index is 92.9. The minimum Gasteiger partial charge on any atom is -0.368 e. The van der Waals surface area contributed by atoms with Crippen molar-refractivity contribution in [3.63, 3.8) is 0 Å². The number of hydrogen-bond acceptors (Lipinski definition) is 2. The zero-order chi connectivity index (χ0) is 6.85. The first-order chi connectivity index (χ1) is 4.24. The van der Waals surface area contributed by atoms with Gasteiger partial charge in [0.1, 0.15) is 0 Å². The summed E-state index contributed by atoms with van der Waals surface area (Å²) >= 11 is 0. The van der Waals surface area contributed by atoms with E-state index in [1.807, 2.05) is 6.92 Å². The number of ether oxygens (including phenoxy) is 1. The van der Waals surface area contributed by atoms with Gasteiger partial charge in [-0.15, -0.1) is 0 Å². The van der Waals surface area contributed by atoms with Crippen LogP contribution in [-0.4, -0.2) is 17.5 Å². The summed E-state index contributed by atoms with van der Waals surface area (Å²) in [6.45, 7) is 4.08. The molecule has 3 atom stereocenters. The third kappa shape index (κ3) is 1.43. The van der Waals surface area contributed by atoms with Crippen LogP contribution in [0.3, 0.4) is 0 Å². The van der Waals surface area contributed by atoms with E-state index in [2.05, 4.69) is 6.92 Å². The number of aliphatic hydroxyl groups excluding tert-OH is 1. The van der Waals surface area contributed by atoms with Crippen LogP contribution < -0.4 is 0 Å². The fraction of sp³-hybridized carbons (Fsp3) is 1.00. The van der Waals surface area contributed by atoms with E-state index in [4.69, 9.17) is 9.84 Å². The van der Waals surface area contributed by atoms with E-state index in [1.165, 1.54) is 0 Å². The summed E-state index contributed by atoms with van der Waals surface area (Å²) in [6, 6.07) is 0. The summed E-state index contributed by atoms with van der Waals surface area (Å²) in [5.74, 6) is 0.375. The molecule has 0 bridgehead atoms. The topological polar surface area (TPSA) is 29.5 Å². The average Bonchev–Trinajstić information content (AvgIpc) is 2.10. The van der Waals surface area contributed by atoms with E-state index < -0.39 is 6.29 Å². The molecule has 0 spiro atoms. The van der Waals surface area contributed by atoms with Crippen LogP contribution in [0.2, 0.25) is 0 Å². The maximum absolute atomic E-state index is 9.14. The predicted octanol–water partition coefficient (Wildman–Crippen LogP) is 1.14. The molecule has 0 aliphatic carbocycles. The lowest BCUT2D eigenvalue weighted by atomic mass is 10.0. The maximum atomic E-state index is 9.14. The van der Waals surface area contributed by atoms with Crippen molar-refractivity contribution in [3.8, 4) is 0 Å². The lowest BCUT2D eigenvalue weighted by Crippen LogP contribution is -2.13. The molecular formula is C7H14O2. The highest BCUT2D eigenvalue weighted by molar-refractivity contribution is 4.71. The highest BCUT2D eigenvalue weighted by atomic mass is 16.6. The number of hydrogen-bond donors (Lipinski definition) is 1. The Labute approximate surface area is 55.8 Å². The Balaban J connectivity index is 2.38. The minimum atomic E-state index is -0.495. The molecule has 0 amide bonds. The van der Waals surface area contributed by atoms with Gasteiger partial charge in [0.05, 0.1) is 6.10 Å². The molecule has 0 radical (unpaired) electrons. The summed E-state index contributed by atoms with van der Waals surface area (Å²) in [5.41, 5.74) is 0. The summed E-state index contributed by atoms with van der Waals surface area (Å²) in [6.07, 6.45) is 1.79. The SMILES string of the molecule is CC[C@@H]1C[C@H](C)OC1O. The highest BCUT2D eigenvalue weighted by Crippen LogP contribution is 2.26. The van der Waals surface area contributed by atoms with Crippen molar-refractivity contribution in [1.82, 2.24) is 0 Å². The Morgan fingerprint density at radius 3 is 2.56 bits per heavy atom. The van der Waals surface area contributed by atoms with Crippen molar-refractivity contribution in [2.75, 3.05) is 0 Å². The summed E-state index contributed by atoms with van der Waals surface area (Å²) in [7, 11) is 0. The number of rotatable bonds is 1. The molecule has 0 aromatic carbocycles. The molecular weight excluding hydrogens is 116 g/mol. The van der Waals surface area contributed by atoms with Gasteiger partial charge in [0.25, 0.3) is 0 Å². The second-order valence-corrected chi connectivity index (χ2v) is 2.74. The first-order valence-corrected chi connectivity index (χ1v) is 3.57. The van der Waals surface area contributed by atoms with E-state index in [0.29, 0.717) is 5.92 Å². The molecule has 0 aromatic heterocycles. The Hall–Kier alpha value is -0.0800. The van der Waals surface area contributed by atoms with Crippen molar-refractivity contribution in [3.05, 3.63) is 0 Å². The second-order valence-electron chi connectivity index (χ2n) is 2.74. The summed E-state index contributed by atoms with van der Waals surface area (Å²) < 4.78 is 5.12. The molecule has 1 heterocycles. The fourth-order valence-corrected chi connectivity index (χ4v) is 1.32. The summed E-state index contributed by atoms with van der Waals surface area (Å²) in [5, 5.41) is 9.14. The monoisotopic (exact) mass is 130 g/mol. The molecule has 2 heteroatoms. The van der Waals surface area contributed by atoms with Gasteiger partial charge in [0.15, 0.2) is 6.29 Å². The van der Waals surface area contributed by atoms with Crippen molar-refractivity contribution in [1.29, 1.82) is 0 Å². The maximum Gasteiger partial charge on any atom is 0.157 e. The zero-order valence-electron chi connectivity index (χ0n) is 6.00. The molecule has 1 fully saturated rings. The van der Waals surface area contributed by atoms with Crippen LogP contribution in [-0.2, 0) is 4.74 Å². The molecule has 1 N–H and O–H groups in total. The van der Waals surface area contributed by atoms with E-state index in [1.54, 1.807) is 0 Å². The van der Waals surface area contributed by atoms with Crippen LogP contribution in [0.15, 0.2) is 0 Å². The van der Waals surface area contributed by atoms with Crippen molar-refractivity contribution in [2.45, 2.75) is 39.1 Å². The zero-order valence-corrected chi connectivity index (χ0v) is 6.00. The summed E-state index contributed by atoms with van der Waals surface area (Å²) in [4.78, 5) is 0. The Morgan fingerprint density at radius 1 is 1.67 bits per heavy atom. The minimum absolute atomic E-state index is 0.255. The van der Waals surface area contributed by atoms with E-state index >= 15 is 0 Å². The van der Waals surface area contributed by atoms with Crippen molar-refractivity contribution < 1.29 is 9.84 Å². The molecule has 9 heavy (non-hydrogen) atoms. The molecule has 0 saturated carbocycles. The molecule has 0 aromatic rings. The highest BCUT2D eigenvalue weighted by Gasteiger charge is 2.29. The van der Waals surface area contributed by atoms with E-state index in [-0.39, 0.29) is 6.10 Å². The predicted molar refractivity (Wildman–Crippen MR) is 35.0 cm³/mol. The van der Waals surface area contributed by atoms with E-state index in [9.17, 15) is 0 Å². The first-order valence-electron chi connectivity index (χ1n) is 3.57. The quantitative estimate of drug-likeness (QED) is 0.576. The van der Waals surface area contributed by atoms with Gasteiger partial charge >= 0.3 is 0 Å². The lowest BCUT2D eigenvalue weighted by molar-refractivity contribution is -0.104. The fourth-order valence-electron chi connectivity index (χ4n) is 1.32. The van der Waals surface area contributed by atoms with Crippen LogP contribution in [0.25, 0.3) is 0 Å². The van der Waals surface area contributed by atoms with Crippen LogP contribution in [0, 0.1) is 5.92 Å². The molecule has 54 valence electrons. The Kier molecular flexibility index (Phi) is 2.09. The molecule has 1 aliphatic heterocycles. The smallest absolute Gasteiger partial charge is 0.157 e. The van der Waals surface area contributed by atoms with Gasteiger partial charge in [0.2, 0.25) is 0 Å². The van der Waals surface area contributed by atoms with Gasteiger partial charge in [-0.05, 0) is 19.8 Å². The second kappa shape index (κ2) is 2.67. The molecule has 1 saturated heterocycles. The van der Waals surface area contributed by atoms with Gasteiger partial charge in [0, 0.05) is 5.92 Å². The van der Waals surface area contributed by atoms with Gasteiger partial charge in [-0.1, -0.05) is 6.92 Å². The van der Waals surface area contributed by atoms with Crippen molar-refractivity contribution in [2.24, 2.45) is 5.92 Å². The Morgan fingerprint density at radius 2 is 2.33 bits per heavy atom. The molecule has 1 aliphatic rings. The molecule has 2 nitrogen and oxygen atoms in total. The van der Waals surface area contributed by atoms with Crippen LogP contribution in [0.5, 0.6) is 0 Å². The van der Waals surface area contributed by atoms with Crippen LogP contribution in [0.4, 0.5) is 0 Å². The van der Waals surface area contributed by atoms with Gasteiger partial charge < -0.3 is 9.84 Å². The number of aliphatic hydroxyl groups is 1. The average molecular weight is 130 g/mol. The molecule has 1 unspecified atom stereocenters.